The predicted octanol–water partition coefficient (Wildman–Crippen LogP) is 10.2. The van der Waals surface area contributed by atoms with Crippen molar-refractivity contribution in [1.82, 2.24) is 0 Å². The molecule has 0 aromatic heterocycles. The molecule has 3 aromatic rings. The second kappa shape index (κ2) is 36.3. The van der Waals surface area contributed by atoms with E-state index in [-0.39, 0.29) is 75.9 Å². The molecule has 3 aromatic carbocycles. The maximum absolute atomic E-state index is 13.9. The summed E-state index contributed by atoms with van der Waals surface area (Å²) in [6.45, 7) is 22.6. The van der Waals surface area contributed by atoms with Crippen molar-refractivity contribution in [3.63, 3.8) is 0 Å². The number of esters is 10. The van der Waals surface area contributed by atoms with E-state index in [1.54, 1.807) is 83.1 Å². The molecule has 1 aliphatic heterocycles. The van der Waals surface area contributed by atoms with Crippen molar-refractivity contribution >= 4 is 83.2 Å². The van der Waals surface area contributed by atoms with E-state index in [1.807, 2.05) is 6.07 Å². The monoisotopic (exact) mass is 1310 g/mol. The lowest BCUT2D eigenvalue weighted by molar-refractivity contribution is -0.156. The molecule has 0 bridgehead atoms. The van der Waals surface area contributed by atoms with Crippen LogP contribution in [0.3, 0.4) is 0 Å². The fourth-order valence-electron chi connectivity index (χ4n) is 9.78. The molecule has 92 heavy (non-hydrogen) atoms. The molecule has 6 rings (SSSR count). The van der Waals surface area contributed by atoms with Gasteiger partial charge >= 0.3 is 59.7 Å². The number of allylic oxidation sites excluding steroid dienone is 1. The number of nitriles is 1. The third-order valence-electron chi connectivity index (χ3n) is 15.0. The maximum atomic E-state index is 13.9. The number of fused-ring (bicyclic) bond motifs is 1. The van der Waals surface area contributed by atoms with Crippen LogP contribution in [0.2, 0.25) is 0 Å². The first-order valence-electron chi connectivity index (χ1n) is 30.1. The number of benzene rings is 3. The molecule has 2 saturated carbocycles. The number of nitrogens with zero attached hydrogens (tertiary/aromatic N) is 2. The van der Waals surface area contributed by atoms with Gasteiger partial charge in [0, 0.05) is 25.0 Å². The average Bonchev–Trinajstić information content (AvgIpc) is 1.55. The van der Waals surface area contributed by atoms with E-state index in [0.717, 1.165) is 46.8 Å². The van der Waals surface area contributed by atoms with E-state index in [4.69, 9.17) is 58.7 Å². The molecule has 0 saturated heterocycles. The summed E-state index contributed by atoms with van der Waals surface area (Å²) in [5, 5.41) is 9.83. The first-order chi connectivity index (χ1) is 44.1. The van der Waals surface area contributed by atoms with Crippen molar-refractivity contribution in [2.45, 2.75) is 153 Å². The van der Waals surface area contributed by atoms with Gasteiger partial charge in [-0.25, -0.2) is 19.7 Å². The lowest BCUT2D eigenvalue weighted by atomic mass is 9.82. The zero-order chi connectivity index (χ0) is 66.9. The van der Waals surface area contributed by atoms with Gasteiger partial charge in [0.1, 0.15) is 48.9 Å². The highest BCUT2D eigenvalue weighted by molar-refractivity contribution is 8.24. The second-order valence-electron chi connectivity index (χ2n) is 22.0. The van der Waals surface area contributed by atoms with Crippen LogP contribution in [0.15, 0.2) is 93.6 Å². The van der Waals surface area contributed by atoms with Gasteiger partial charge in [-0.05, 0) is 133 Å². The number of carbonyl (C=O) groups excluding carboxylic acids is 10. The Bertz CT molecular complexity index is 3310. The van der Waals surface area contributed by atoms with E-state index >= 15 is 0 Å². The highest BCUT2D eigenvalue weighted by Gasteiger charge is 2.38. The summed E-state index contributed by atoms with van der Waals surface area (Å²) in [6.07, 6.45) is 3.20. The Morgan fingerprint density at radius 1 is 0.533 bits per heavy atom. The lowest BCUT2D eigenvalue weighted by Gasteiger charge is -2.27. The van der Waals surface area contributed by atoms with Crippen LogP contribution in [0.4, 0.5) is 0 Å². The topological polar surface area (TPSA) is 300 Å². The fourth-order valence-corrected chi connectivity index (χ4v) is 12.4. The van der Waals surface area contributed by atoms with Gasteiger partial charge in [0.05, 0.1) is 101 Å². The van der Waals surface area contributed by atoms with E-state index in [0.29, 0.717) is 101 Å². The Kier molecular flexibility index (Phi) is 28.5. The molecule has 25 heteroatoms. The summed E-state index contributed by atoms with van der Waals surface area (Å²) in [4.78, 5) is 130. The van der Waals surface area contributed by atoms with Crippen LogP contribution >= 0.6 is 23.5 Å². The van der Waals surface area contributed by atoms with E-state index in [1.165, 1.54) is 0 Å². The average molecular weight is 1310 g/mol. The summed E-state index contributed by atoms with van der Waals surface area (Å²) >= 11 is 2.16. The van der Waals surface area contributed by atoms with Gasteiger partial charge in [-0.3, -0.25) is 38.4 Å². The summed E-state index contributed by atoms with van der Waals surface area (Å²) in [6, 6.07) is 15.4. The minimum atomic E-state index is -0.676. The number of rotatable bonds is 31. The Morgan fingerprint density at radius 2 is 0.880 bits per heavy atom. The molecule has 23 nitrogen and oxygen atoms in total. The van der Waals surface area contributed by atoms with Crippen molar-refractivity contribution in [1.29, 1.82) is 5.26 Å². The smallest absolute Gasteiger partial charge is 0.330 e. The highest BCUT2D eigenvalue weighted by atomic mass is 32.2. The molecule has 0 N–H and O–H groups in total. The molecule has 0 spiro atoms. The Hall–Kier alpha value is -8.78. The van der Waals surface area contributed by atoms with Crippen LogP contribution in [0.25, 0.3) is 4.85 Å². The molecule has 3 aliphatic rings. The van der Waals surface area contributed by atoms with Crippen molar-refractivity contribution in [2.75, 3.05) is 33.0 Å². The first kappa shape index (κ1) is 72.3. The summed E-state index contributed by atoms with van der Waals surface area (Å²) in [5.41, 5.74) is 2.45. The molecular formula is C67H74N2O21S2. The largest absolute Gasteiger partial charge is 0.465 e. The van der Waals surface area contributed by atoms with Gasteiger partial charge < -0.3 is 52.1 Å². The Balaban J connectivity index is 0.914. The molecule has 3 unspecified atom stereocenters. The maximum Gasteiger partial charge on any atom is 0.330 e. The SMILES string of the molecule is [C-]#[N+]/C(C#N)=C1\Sc2c(OC(=O)C3CCC(C(=O)Oc4ccc(CCOC(=O)CCC(=O)OCC(C)OC(=O)C=C)cc4)CC3)c(C)c(C)c(OC(=O)C3CCC(C(=O)Oc4ccc(CCOC(=O)CCC(=O)OCC(C)OC(C)COC(=O)C=C)cc4)CC3)c2S1. The third-order valence-corrected chi connectivity index (χ3v) is 17.6. The normalized spacial score (nSPS) is 18.0. The zero-order valence-corrected chi connectivity index (χ0v) is 53.6. The minimum absolute atomic E-state index is 0.0114. The quantitative estimate of drug-likeness (QED) is 0.0144. The second-order valence-corrected chi connectivity index (χ2v) is 24.3. The summed E-state index contributed by atoms with van der Waals surface area (Å²) < 4.78 is 60.2. The fraction of sp³-hybridized carbons (Fsp3) is 0.463. The molecular weight excluding hydrogens is 1230 g/mol. The van der Waals surface area contributed by atoms with E-state index in [9.17, 15) is 53.2 Å². The minimum Gasteiger partial charge on any atom is -0.465 e. The number of ether oxygens (including phenoxy) is 11. The predicted molar refractivity (Wildman–Crippen MR) is 330 cm³/mol. The molecule has 3 atom stereocenters. The third kappa shape index (κ3) is 22.6. The first-order valence-corrected chi connectivity index (χ1v) is 31.7. The van der Waals surface area contributed by atoms with Gasteiger partial charge in [0.15, 0.2) is 0 Å². The van der Waals surface area contributed by atoms with Crippen LogP contribution in [-0.4, -0.2) is 111 Å². The van der Waals surface area contributed by atoms with Gasteiger partial charge in [0.2, 0.25) is 0 Å². The van der Waals surface area contributed by atoms with Gasteiger partial charge in [-0.2, -0.15) is 0 Å². The Morgan fingerprint density at radius 3 is 1.24 bits per heavy atom. The van der Waals surface area contributed by atoms with Crippen LogP contribution in [0.5, 0.6) is 23.0 Å². The number of hydrogen-bond donors (Lipinski definition) is 0. The number of hydrogen-bond acceptors (Lipinski definition) is 24. The molecule has 490 valence electrons. The Labute approximate surface area is 541 Å². The van der Waals surface area contributed by atoms with Gasteiger partial charge in [-0.1, -0.05) is 60.9 Å². The zero-order valence-electron chi connectivity index (χ0n) is 51.9. The number of thioether (sulfide) groups is 2. The standard InChI is InChI=1S/C67H74N2O21S2/c1-9-53(70)82-36-39(3)85-40(4)37-83-57(74)29-27-55(72)80-33-31-44-11-23-50(24-12-44)87-63(76)46-15-19-48(20-16-46)65(78)89-59-42(6)43(7)60(62-61(59)91-67(92-62)52(35-68)69-8)90-66(79)49-21-17-47(18-22-49)64(77)88-51-25-13-45(14-26-51)32-34-81-56(73)28-30-58(75)84-38-41(5)86-54(71)10-2/h9-14,23-26,39-41,46-49H,1-2,15-22,27-34,36-38H2,3-7H3/b67-52-. The van der Waals surface area contributed by atoms with Crippen molar-refractivity contribution in [2.24, 2.45) is 23.7 Å². The van der Waals surface area contributed by atoms with Crippen molar-refractivity contribution < 1.29 is 100 Å². The summed E-state index contributed by atoms with van der Waals surface area (Å²) in [7, 11) is 0. The number of carbonyl (C=O) groups is 10. The van der Waals surface area contributed by atoms with Crippen LogP contribution in [0, 0.1) is 55.4 Å². The van der Waals surface area contributed by atoms with Gasteiger partial charge in [-0.15, -0.1) is 0 Å². The molecule has 1 heterocycles. The summed E-state index contributed by atoms with van der Waals surface area (Å²) in [5.74, 6) is -6.56. The molecule has 2 fully saturated rings. The van der Waals surface area contributed by atoms with Crippen LogP contribution in [-0.2, 0) is 93.9 Å². The lowest BCUT2D eigenvalue weighted by Crippen LogP contribution is -2.31. The van der Waals surface area contributed by atoms with E-state index in [2.05, 4.69) is 18.0 Å². The van der Waals surface area contributed by atoms with Gasteiger partial charge in [0.25, 0.3) is 5.70 Å². The highest BCUT2D eigenvalue weighted by Crippen LogP contribution is 2.61. The molecule has 0 amide bonds. The van der Waals surface area contributed by atoms with Crippen molar-refractivity contribution in [3.05, 3.63) is 117 Å². The van der Waals surface area contributed by atoms with Crippen molar-refractivity contribution in [3.8, 4) is 29.1 Å². The van der Waals surface area contributed by atoms with Crippen LogP contribution < -0.4 is 18.9 Å². The van der Waals surface area contributed by atoms with Crippen LogP contribution in [0.1, 0.15) is 120 Å². The molecule has 2 aliphatic carbocycles. The molecule has 0 radical (unpaired) electrons. The van der Waals surface area contributed by atoms with E-state index < -0.39 is 102 Å².